The summed E-state index contributed by atoms with van der Waals surface area (Å²) in [5.41, 5.74) is 0. The van der Waals surface area contributed by atoms with Crippen molar-refractivity contribution in [3.05, 3.63) is 0 Å². The molecule has 12 heavy (non-hydrogen) atoms. The molecular formula is C6H13NO5. The molecule has 0 saturated heterocycles. The van der Waals surface area contributed by atoms with Gasteiger partial charge < -0.3 is 25.7 Å². The van der Waals surface area contributed by atoms with Gasteiger partial charge in [0.15, 0.2) is 0 Å². The topological polar surface area (TPSA) is 110 Å². The number of hydrogen-bond acceptors (Lipinski definition) is 5. The molecule has 0 aliphatic heterocycles. The highest BCUT2D eigenvalue weighted by atomic mass is 16.4. The fourth-order valence-electron chi connectivity index (χ4n) is 0.654. The van der Waals surface area contributed by atoms with Crippen LogP contribution in [0.1, 0.15) is 0 Å². The third kappa shape index (κ3) is 3.63. The molecule has 0 rings (SSSR count). The second kappa shape index (κ2) is 5.90. The van der Waals surface area contributed by atoms with Gasteiger partial charge >= 0.3 is 0 Å². The highest BCUT2D eigenvalue weighted by Crippen LogP contribution is 1.98. The van der Waals surface area contributed by atoms with Gasteiger partial charge in [-0.15, -0.1) is 0 Å². The van der Waals surface area contributed by atoms with Gasteiger partial charge in [0, 0.05) is 6.54 Å². The van der Waals surface area contributed by atoms with Gasteiger partial charge in [-0.2, -0.15) is 0 Å². The van der Waals surface area contributed by atoms with Gasteiger partial charge in [-0.05, 0) is 0 Å². The Bertz CT molecular complexity index is 131. The van der Waals surface area contributed by atoms with Crippen LogP contribution in [-0.2, 0) is 4.79 Å². The molecule has 0 aliphatic rings. The number of amides is 1. The van der Waals surface area contributed by atoms with E-state index in [1.54, 1.807) is 0 Å². The van der Waals surface area contributed by atoms with Crippen LogP contribution in [-0.4, -0.2) is 58.3 Å². The fraction of sp³-hybridized carbons (Fsp3) is 0.833. The minimum atomic E-state index is -1.46. The number of rotatable bonds is 6. The fourth-order valence-corrected chi connectivity index (χ4v) is 0.654. The van der Waals surface area contributed by atoms with Crippen molar-refractivity contribution < 1.29 is 25.2 Å². The zero-order valence-corrected chi connectivity index (χ0v) is 6.42. The lowest BCUT2D eigenvalue weighted by atomic mass is 10.1. The van der Waals surface area contributed by atoms with Crippen molar-refractivity contribution >= 4 is 6.41 Å². The Hall–Kier alpha value is -0.690. The average Bonchev–Trinajstić information content (AvgIpc) is 2.11. The summed E-state index contributed by atoms with van der Waals surface area (Å²) in [7, 11) is 0. The van der Waals surface area contributed by atoms with E-state index in [-0.39, 0.29) is 6.54 Å². The Labute approximate surface area is 69.5 Å². The summed E-state index contributed by atoms with van der Waals surface area (Å²) in [6.07, 6.45) is -3.77. The molecule has 0 aromatic rings. The lowest BCUT2D eigenvalue weighted by Crippen LogP contribution is -2.44. The SMILES string of the molecule is O=CNC[C@@H](O)[C@H](O)[C@H](O)CO. The van der Waals surface area contributed by atoms with Crippen LogP contribution in [0.2, 0.25) is 0 Å². The minimum absolute atomic E-state index is 0.165. The highest BCUT2D eigenvalue weighted by molar-refractivity contribution is 5.45. The first-order valence-electron chi connectivity index (χ1n) is 3.45. The molecule has 0 aliphatic carbocycles. The summed E-state index contributed by atoms with van der Waals surface area (Å²) in [6, 6.07) is 0. The Morgan fingerprint density at radius 2 is 1.83 bits per heavy atom. The molecule has 0 spiro atoms. The van der Waals surface area contributed by atoms with Crippen LogP contribution in [0.25, 0.3) is 0 Å². The summed E-state index contributed by atoms with van der Waals surface area (Å²) < 4.78 is 0. The molecule has 0 fully saturated rings. The van der Waals surface area contributed by atoms with Crippen molar-refractivity contribution in [2.45, 2.75) is 18.3 Å². The molecule has 6 nitrogen and oxygen atoms in total. The maximum absolute atomic E-state index is 9.76. The van der Waals surface area contributed by atoms with E-state index in [4.69, 9.17) is 20.4 Å². The maximum atomic E-state index is 9.76. The standard InChI is InChI=1S/C6H13NO5/c8-2-5(11)6(12)4(10)1-7-3-9/h3-6,8,10-12H,1-2H2,(H,7,9)/t4-,5-,6+/m1/s1. The number of aliphatic hydroxyl groups excluding tert-OH is 4. The molecule has 5 N–H and O–H groups in total. The van der Waals surface area contributed by atoms with Crippen molar-refractivity contribution in [3.63, 3.8) is 0 Å². The Morgan fingerprint density at radius 1 is 1.25 bits per heavy atom. The molecule has 0 radical (unpaired) electrons. The zero-order chi connectivity index (χ0) is 9.56. The van der Waals surface area contributed by atoms with E-state index in [0.29, 0.717) is 6.41 Å². The van der Waals surface area contributed by atoms with Crippen LogP contribution < -0.4 is 5.32 Å². The van der Waals surface area contributed by atoms with E-state index in [9.17, 15) is 4.79 Å². The van der Waals surface area contributed by atoms with Gasteiger partial charge in [-0.25, -0.2) is 0 Å². The highest BCUT2D eigenvalue weighted by Gasteiger charge is 2.23. The number of hydrogen-bond donors (Lipinski definition) is 5. The summed E-state index contributed by atoms with van der Waals surface area (Å²) >= 11 is 0. The third-order valence-electron chi connectivity index (χ3n) is 1.39. The van der Waals surface area contributed by atoms with Gasteiger partial charge in [0.2, 0.25) is 6.41 Å². The van der Waals surface area contributed by atoms with Crippen molar-refractivity contribution in [3.8, 4) is 0 Å². The second-order valence-electron chi connectivity index (χ2n) is 2.33. The first kappa shape index (κ1) is 11.3. The average molecular weight is 179 g/mol. The number of carbonyl (C=O) groups is 1. The van der Waals surface area contributed by atoms with E-state index in [1.165, 1.54) is 0 Å². The summed E-state index contributed by atoms with van der Waals surface area (Å²) in [5.74, 6) is 0. The van der Waals surface area contributed by atoms with Crippen LogP contribution in [0.4, 0.5) is 0 Å². The molecule has 0 aromatic heterocycles. The van der Waals surface area contributed by atoms with E-state index in [0.717, 1.165) is 0 Å². The van der Waals surface area contributed by atoms with E-state index in [1.807, 2.05) is 0 Å². The molecule has 72 valence electrons. The normalized spacial score (nSPS) is 18.0. The summed E-state index contributed by atoms with van der Waals surface area (Å²) in [4.78, 5) is 9.76. The Kier molecular flexibility index (Phi) is 5.56. The molecule has 6 heteroatoms. The largest absolute Gasteiger partial charge is 0.394 e. The second-order valence-corrected chi connectivity index (χ2v) is 2.33. The Morgan fingerprint density at radius 3 is 2.25 bits per heavy atom. The molecule has 0 aromatic carbocycles. The molecule has 0 heterocycles. The van der Waals surface area contributed by atoms with Crippen LogP contribution >= 0.6 is 0 Å². The lowest BCUT2D eigenvalue weighted by molar-refractivity contribution is -0.111. The minimum Gasteiger partial charge on any atom is -0.394 e. The van der Waals surface area contributed by atoms with Crippen molar-refractivity contribution in [1.29, 1.82) is 0 Å². The van der Waals surface area contributed by atoms with Crippen molar-refractivity contribution in [2.24, 2.45) is 0 Å². The predicted molar refractivity (Wildman–Crippen MR) is 39.2 cm³/mol. The molecule has 3 atom stereocenters. The molecule has 0 saturated carbocycles. The van der Waals surface area contributed by atoms with E-state index < -0.39 is 24.9 Å². The van der Waals surface area contributed by atoms with Gasteiger partial charge in [0.25, 0.3) is 0 Å². The number of aliphatic hydroxyl groups is 4. The lowest BCUT2D eigenvalue weighted by Gasteiger charge is -2.20. The van der Waals surface area contributed by atoms with Gasteiger partial charge in [0.1, 0.15) is 12.2 Å². The number of nitrogens with one attached hydrogen (secondary N) is 1. The summed E-state index contributed by atoms with van der Waals surface area (Å²) in [5, 5.41) is 37.3. The quantitative estimate of drug-likeness (QED) is 0.276. The first-order valence-corrected chi connectivity index (χ1v) is 3.45. The van der Waals surface area contributed by atoms with E-state index in [2.05, 4.69) is 5.32 Å². The van der Waals surface area contributed by atoms with Crippen LogP contribution in [0.15, 0.2) is 0 Å². The molecule has 0 bridgehead atoms. The summed E-state index contributed by atoms with van der Waals surface area (Å²) in [6.45, 7) is -0.805. The van der Waals surface area contributed by atoms with E-state index >= 15 is 0 Å². The zero-order valence-electron chi connectivity index (χ0n) is 6.42. The predicted octanol–water partition coefficient (Wildman–Crippen LogP) is -3.19. The van der Waals surface area contributed by atoms with Crippen LogP contribution in [0, 0.1) is 0 Å². The van der Waals surface area contributed by atoms with Crippen molar-refractivity contribution in [2.75, 3.05) is 13.2 Å². The molecule has 0 unspecified atom stereocenters. The van der Waals surface area contributed by atoms with Crippen LogP contribution in [0.5, 0.6) is 0 Å². The van der Waals surface area contributed by atoms with Crippen LogP contribution in [0.3, 0.4) is 0 Å². The monoisotopic (exact) mass is 179 g/mol. The third-order valence-corrected chi connectivity index (χ3v) is 1.39. The first-order chi connectivity index (χ1) is 5.63. The Balaban J connectivity index is 3.74. The van der Waals surface area contributed by atoms with Gasteiger partial charge in [-0.1, -0.05) is 0 Å². The van der Waals surface area contributed by atoms with Gasteiger partial charge in [-0.3, -0.25) is 4.79 Å². The maximum Gasteiger partial charge on any atom is 0.207 e. The van der Waals surface area contributed by atoms with Crippen molar-refractivity contribution in [1.82, 2.24) is 5.32 Å². The smallest absolute Gasteiger partial charge is 0.207 e. The molecular weight excluding hydrogens is 166 g/mol. The number of carbonyl (C=O) groups excluding carboxylic acids is 1. The molecule has 1 amide bonds. The van der Waals surface area contributed by atoms with Gasteiger partial charge in [0.05, 0.1) is 12.7 Å².